The van der Waals surface area contributed by atoms with Crippen molar-refractivity contribution in [3.63, 3.8) is 0 Å². The van der Waals surface area contributed by atoms with E-state index in [1.165, 1.54) is 0 Å². The van der Waals surface area contributed by atoms with Gasteiger partial charge in [0.1, 0.15) is 0 Å². The highest BCUT2D eigenvalue weighted by atomic mass is 15.0. The SMILES string of the molecule is C=C/C=C(/C)C(=NC)C1CCCC(c2cccc(CC#N)n2)N1. The molecule has 0 amide bonds. The minimum Gasteiger partial charge on any atom is -0.300 e. The maximum absolute atomic E-state index is 8.84. The average molecular weight is 308 g/mol. The van der Waals surface area contributed by atoms with Crippen LogP contribution in [0.2, 0.25) is 0 Å². The van der Waals surface area contributed by atoms with Crippen molar-refractivity contribution in [2.24, 2.45) is 4.99 Å². The molecule has 2 unspecified atom stereocenters. The molecule has 0 aromatic carbocycles. The number of allylic oxidation sites excluding steroid dienone is 2. The predicted octanol–water partition coefficient (Wildman–Crippen LogP) is 3.53. The second-order valence-electron chi connectivity index (χ2n) is 5.79. The summed E-state index contributed by atoms with van der Waals surface area (Å²) in [6.07, 6.45) is 7.41. The van der Waals surface area contributed by atoms with E-state index in [9.17, 15) is 0 Å². The lowest BCUT2D eigenvalue weighted by Crippen LogP contribution is -2.43. The van der Waals surface area contributed by atoms with Gasteiger partial charge in [0.05, 0.1) is 29.6 Å². The number of nitriles is 1. The van der Waals surface area contributed by atoms with E-state index in [0.29, 0.717) is 6.42 Å². The van der Waals surface area contributed by atoms with Crippen molar-refractivity contribution < 1.29 is 0 Å². The van der Waals surface area contributed by atoms with Crippen LogP contribution in [0, 0.1) is 11.3 Å². The van der Waals surface area contributed by atoms with E-state index in [1.807, 2.05) is 31.3 Å². The Morgan fingerprint density at radius 2 is 2.35 bits per heavy atom. The maximum Gasteiger partial charge on any atom is 0.0774 e. The van der Waals surface area contributed by atoms with Gasteiger partial charge >= 0.3 is 0 Å². The predicted molar refractivity (Wildman–Crippen MR) is 94.4 cm³/mol. The lowest BCUT2D eigenvalue weighted by atomic mass is 9.91. The Morgan fingerprint density at radius 1 is 1.52 bits per heavy atom. The number of hydrogen-bond acceptors (Lipinski definition) is 4. The molecule has 0 aliphatic carbocycles. The zero-order valence-corrected chi connectivity index (χ0v) is 13.9. The Labute approximate surface area is 138 Å². The normalized spacial score (nSPS) is 22.5. The molecule has 1 aromatic rings. The molecule has 1 saturated heterocycles. The van der Waals surface area contributed by atoms with Gasteiger partial charge < -0.3 is 5.32 Å². The average Bonchev–Trinajstić information content (AvgIpc) is 2.57. The molecule has 1 fully saturated rings. The number of hydrogen-bond donors (Lipinski definition) is 1. The molecule has 4 heteroatoms. The van der Waals surface area contributed by atoms with Gasteiger partial charge in [-0.1, -0.05) is 24.8 Å². The lowest BCUT2D eigenvalue weighted by molar-refractivity contribution is 0.369. The molecular formula is C19H24N4. The van der Waals surface area contributed by atoms with Gasteiger partial charge in [-0.15, -0.1) is 0 Å². The first-order valence-corrected chi connectivity index (χ1v) is 8.04. The second-order valence-corrected chi connectivity index (χ2v) is 5.79. The fourth-order valence-corrected chi connectivity index (χ4v) is 3.13. The number of piperidine rings is 1. The number of nitrogens with one attached hydrogen (secondary N) is 1. The number of rotatable bonds is 5. The van der Waals surface area contributed by atoms with Gasteiger partial charge in [0.2, 0.25) is 0 Å². The molecule has 0 radical (unpaired) electrons. The number of aliphatic imine (C=N–C) groups is 1. The van der Waals surface area contributed by atoms with Gasteiger partial charge in [-0.3, -0.25) is 9.98 Å². The van der Waals surface area contributed by atoms with Gasteiger partial charge in [-0.05, 0) is 43.9 Å². The molecule has 0 spiro atoms. The van der Waals surface area contributed by atoms with Crippen LogP contribution in [0.1, 0.15) is 43.6 Å². The van der Waals surface area contributed by atoms with Crippen LogP contribution in [-0.4, -0.2) is 23.8 Å². The van der Waals surface area contributed by atoms with Crippen molar-refractivity contribution in [1.82, 2.24) is 10.3 Å². The van der Waals surface area contributed by atoms with Gasteiger partial charge in [0.25, 0.3) is 0 Å². The monoisotopic (exact) mass is 308 g/mol. The topological polar surface area (TPSA) is 61.1 Å². The molecule has 120 valence electrons. The third kappa shape index (κ3) is 4.37. The van der Waals surface area contributed by atoms with Gasteiger partial charge in [-0.25, -0.2) is 0 Å². The van der Waals surface area contributed by atoms with Gasteiger partial charge in [-0.2, -0.15) is 5.26 Å². The summed E-state index contributed by atoms with van der Waals surface area (Å²) in [5, 5.41) is 12.5. The molecule has 0 bridgehead atoms. The van der Waals surface area contributed by atoms with E-state index < -0.39 is 0 Å². The van der Waals surface area contributed by atoms with Crippen LogP contribution < -0.4 is 5.32 Å². The van der Waals surface area contributed by atoms with Crippen LogP contribution in [-0.2, 0) is 6.42 Å². The molecule has 2 rings (SSSR count). The lowest BCUT2D eigenvalue weighted by Gasteiger charge is -2.32. The Morgan fingerprint density at radius 3 is 3.04 bits per heavy atom. The number of aromatic nitrogens is 1. The Hall–Kier alpha value is -2.25. The molecule has 0 saturated carbocycles. The summed E-state index contributed by atoms with van der Waals surface area (Å²) >= 11 is 0. The summed E-state index contributed by atoms with van der Waals surface area (Å²) in [4.78, 5) is 9.11. The molecule has 4 nitrogen and oxygen atoms in total. The van der Waals surface area contributed by atoms with Crippen LogP contribution in [0.15, 0.2) is 47.5 Å². The van der Waals surface area contributed by atoms with E-state index >= 15 is 0 Å². The van der Waals surface area contributed by atoms with Crippen LogP contribution >= 0.6 is 0 Å². The molecule has 23 heavy (non-hydrogen) atoms. The zero-order valence-electron chi connectivity index (χ0n) is 13.9. The minimum absolute atomic E-state index is 0.209. The summed E-state index contributed by atoms with van der Waals surface area (Å²) in [6.45, 7) is 5.83. The van der Waals surface area contributed by atoms with Crippen molar-refractivity contribution in [2.75, 3.05) is 7.05 Å². The standard InChI is InChI=1S/C19H24N4/c1-4-7-14(2)19(21-3)18-11-6-10-17(23-18)16-9-5-8-15(22-16)12-13-20/h4-5,7-9,17-18,23H,1,6,10-12H2,2-3H3/b14-7-,21-19?. The first-order valence-electron chi connectivity index (χ1n) is 8.04. The minimum atomic E-state index is 0.209. The molecular weight excluding hydrogens is 284 g/mol. The van der Waals surface area contributed by atoms with Crippen LogP contribution in [0.5, 0.6) is 0 Å². The molecule has 1 aliphatic rings. The summed E-state index contributed by atoms with van der Waals surface area (Å²) in [6, 6.07) is 8.53. The first-order chi connectivity index (χ1) is 11.2. The molecule has 2 atom stereocenters. The quantitative estimate of drug-likeness (QED) is 0.668. The van der Waals surface area contributed by atoms with Gasteiger partial charge in [0.15, 0.2) is 0 Å². The number of nitrogens with zero attached hydrogens (tertiary/aromatic N) is 3. The molecule has 1 N–H and O–H groups in total. The first kappa shape index (κ1) is 17.1. The molecule has 1 aliphatic heterocycles. The fourth-order valence-electron chi connectivity index (χ4n) is 3.13. The summed E-state index contributed by atoms with van der Waals surface area (Å²) in [7, 11) is 1.84. The van der Waals surface area contributed by atoms with Crippen molar-refractivity contribution in [3.05, 3.63) is 53.9 Å². The summed E-state index contributed by atoms with van der Waals surface area (Å²) in [5.41, 5.74) is 4.08. The van der Waals surface area contributed by atoms with Crippen LogP contribution in [0.4, 0.5) is 0 Å². The van der Waals surface area contributed by atoms with Crippen LogP contribution in [0.25, 0.3) is 0 Å². The van der Waals surface area contributed by atoms with E-state index in [0.717, 1.165) is 41.9 Å². The third-order valence-corrected chi connectivity index (χ3v) is 4.18. The van der Waals surface area contributed by atoms with Crippen molar-refractivity contribution in [2.45, 2.75) is 44.7 Å². The van der Waals surface area contributed by atoms with E-state index in [4.69, 9.17) is 5.26 Å². The zero-order chi connectivity index (χ0) is 16.7. The van der Waals surface area contributed by atoms with Crippen molar-refractivity contribution >= 4 is 5.71 Å². The highest BCUT2D eigenvalue weighted by molar-refractivity contribution is 6.03. The van der Waals surface area contributed by atoms with E-state index in [2.05, 4.69) is 34.9 Å². The highest BCUT2D eigenvalue weighted by Gasteiger charge is 2.26. The Bertz CT molecular complexity index is 652. The van der Waals surface area contributed by atoms with E-state index in [-0.39, 0.29) is 12.1 Å². The molecule has 2 heterocycles. The molecule has 1 aromatic heterocycles. The smallest absolute Gasteiger partial charge is 0.0774 e. The second kappa shape index (κ2) is 8.40. The van der Waals surface area contributed by atoms with E-state index in [1.54, 1.807) is 6.08 Å². The Balaban J connectivity index is 2.17. The van der Waals surface area contributed by atoms with Gasteiger partial charge in [0, 0.05) is 19.1 Å². The summed E-state index contributed by atoms with van der Waals surface area (Å²) < 4.78 is 0. The van der Waals surface area contributed by atoms with Crippen molar-refractivity contribution in [1.29, 1.82) is 5.26 Å². The highest BCUT2D eigenvalue weighted by Crippen LogP contribution is 2.26. The Kier molecular flexibility index (Phi) is 6.25. The third-order valence-electron chi connectivity index (χ3n) is 4.18. The fraction of sp³-hybridized carbons (Fsp3) is 0.421. The number of pyridine rings is 1. The van der Waals surface area contributed by atoms with Crippen LogP contribution in [0.3, 0.4) is 0 Å². The van der Waals surface area contributed by atoms with Crippen molar-refractivity contribution in [3.8, 4) is 6.07 Å². The largest absolute Gasteiger partial charge is 0.300 e. The maximum atomic E-state index is 8.84. The summed E-state index contributed by atoms with van der Waals surface area (Å²) in [5.74, 6) is 0.